The number of carbonyl (C=O) groups excluding carboxylic acids is 2. The highest BCUT2D eigenvalue weighted by Crippen LogP contribution is 2.19. The first kappa shape index (κ1) is 16.7. The lowest BCUT2D eigenvalue weighted by atomic mass is 10.1. The number of hydrogen-bond acceptors (Lipinski definition) is 3. The molecule has 5 heteroatoms. The van der Waals surface area contributed by atoms with Crippen LogP contribution in [-0.2, 0) is 4.79 Å². The van der Waals surface area contributed by atoms with Crippen LogP contribution in [0.3, 0.4) is 0 Å². The molecular formula is C19H25N3O2. The Morgan fingerprint density at radius 3 is 2.54 bits per heavy atom. The fraction of sp³-hybridized carbons (Fsp3) is 0.474. The van der Waals surface area contributed by atoms with E-state index in [0.717, 1.165) is 51.0 Å². The summed E-state index contributed by atoms with van der Waals surface area (Å²) in [5.41, 5.74) is 1.60. The molecule has 2 fully saturated rings. The van der Waals surface area contributed by atoms with Gasteiger partial charge in [0, 0.05) is 37.3 Å². The van der Waals surface area contributed by atoms with Crippen LogP contribution in [0.15, 0.2) is 30.3 Å². The maximum absolute atomic E-state index is 12.3. The number of carbonyl (C=O) groups is 2. The molecule has 3 rings (SSSR count). The average Bonchev–Trinajstić information content (AvgIpc) is 3.41. The molecule has 1 aromatic rings. The summed E-state index contributed by atoms with van der Waals surface area (Å²) in [5, 5.41) is 2.97. The van der Waals surface area contributed by atoms with E-state index in [0.29, 0.717) is 11.6 Å². The number of nitrogens with zero attached hydrogens (tertiary/aromatic N) is 2. The first-order chi connectivity index (χ1) is 11.6. The van der Waals surface area contributed by atoms with Crippen molar-refractivity contribution >= 4 is 17.9 Å². The maximum atomic E-state index is 12.3. The van der Waals surface area contributed by atoms with Gasteiger partial charge in [0.05, 0.1) is 0 Å². The third kappa shape index (κ3) is 4.68. The van der Waals surface area contributed by atoms with Crippen LogP contribution in [-0.4, -0.2) is 60.9 Å². The molecule has 2 amide bonds. The van der Waals surface area contributed by atoms with E-state index in [-0.39, 0.29) is 11.8 Å². The number of hydrogen-bond donors (Lipinski definition) is 1. The summed E-state index contributed by atoms with van der Waals surface area (Å²) < 4.78 is 0. The molecule has 0 atom stereocenters. The third-order valence-electron chi connectivity index (χ3n) is 4.53. The fourth-order valence-corrected chi connectivity index (χ4v) is 2.78. The van der Waals surface area contributed by atoms with Crippen LogP contribution in [0.5, 0.6) is 0 Å². The van der Waals surface area contributed by atoms with E-state index in [1.165, 1.54) is 0 Å². The molecule has 0 spiro atoms. The molecule has 2 aliphatic rings. The molecule has 5 nitrogen and oxygen atoms in total. The van der Waals surface area contributed by atoms with Crippen LogP contribution in [0.1, 0.15) is 35.2 Å². The molecule has 1 aliphatic carbocycles. The van der Waals surface area contributed by atoms with Gasteiger partial charge >= 0.3 is 0 Å². The monoisotopic (exact) mass is 327 g/mol. The summed E-state index contributed by atoms with van der Waals surface area (Å²) in [4.78, 5) is 28.4. The van der Waals surface area contributed by atoms with Crippen LogP contribution < -0.4 is 5.32 Å². The Morgan fingerprint density at radius 1 is 1.08 bits per heavy atom. The standard InChI is InChI=1S/C19H25N3O2/c1-21-11-2-12-22(14-13-21)18(23)10-5-15-3-6-16(7-4-15)19(24)20-17-8-9-17/h3-7,10,17H,2,8-9,11-14H2,1H3,(H,20,24)/b10-5+. The summed E-state index contributed by atoms with van der Waals surface area (Å²) in [7, 11) is 2.09. The normalized spacial score (nSPS) is 19.3. The van der Waals surface area contributed by atoms with E-state index in [1.54, 1.807) is 6.08 Å². The fourth-order valence-electron chi connectivity index (χ4n) is 2.78. The van der Waals surface area contributed by atoms with Crippen LogP contribution in [0.25, 0.3) is 6.08 Å². The maximum Gasteiger partial charge on any atom is 0.251 e. The first-order valence-corrected chi connectivity index (χ1v) is 8.68. The van der Waals surface area contributed by atoms with E-state index in [4.69, 9.17) is 0 Å². The van der Waals surface area contributed by atoms with E-state index < -0.39 is 0 Å². The van der Waals surface area contributed by atoms with Gasteiger partial charge in [0.1, 0.15) is 0 Å². The second-order valence-electron chi connectivity index (χ2n) is 6.69. The molecule has 0 aromatic heterocycles. The second kappa shape index (κ2) is 7.62. The molecule has 128 valence electrons. The Balaban J connectivity index is 1.55. The summed E-state index contributed by atoms with van der Waals surface area (Å²) in [5.74, 6) is 0.0404. The van der Waals surface area contributed by atoms with Crippen LogP contribution in [0.2, 0.25) is 0 Å². The number of likely N-dealkylation sites (N-methyl/N-ethyl adjacent to an activating group) is 1. The van der Waals surface area contributed by atoms with Crippen molar-refractivity contribution in [3.8, 4) is 0 Å². The minimum absolute atomic E-state index is 0.0159. The number of amides is 2. The molecule has 1 heterocycles. The Bertz CT molecular complexity index is 620. The van der Waals surface area contributed by atoms with Gasteiger partial charge in [-0.1, -0.05) is 12.1 Å². The van der Waals surface area contributed by atoms with Crippen molar-refractivity contribution in [2.45, 2.75) is 25.3 Å². The van der Waals surface area contributed by atoms with Gasteiger partial charge in [0.15, 0.2) is 0 Å². The van der Waals surface area contributed by atoms with Gasteiger partial charge in [0.2, 0.25) is 5.91 Å². The largest absolute Gasteiger partial charge is 0.349 e. The molecule has 1 N–H and O–H groups in total. The molecule has 1 aromatic carbocycles. The van der Waals surface area contributed by atoms with Gasteiger partial charge in [-0.3, -0.25) is 9.59 Å². The quantitative estimate of drug-likeness (QED) is 0.858. The molecule has 0 unspecified atom stereocenters. The van der Waals surface area contributed by atoms with Crippen LogP contribution >= 0.6 is 0 Å². The Morgan fingerprint density at radius 2 is 1.83 bits per heavy atom. The smallest absolute Gasteiger partial charge is 0.251 e. The zero-order chi connectivity index (χ0) is 16.9. The van der Waals surface area contributed by atoms with E-state index in [9.17, 15) is 9.59 Å². The lowest BCUT2D eigenvalue weighted by molar-refractivity contribution is -0.125. The minimum atomic E-state index is -0.0159. The van der Waals surface area contributed by atoms with Gasteiger partial charge < -0.3 is 15.1 Å². The molecule has 1 saturated heterocycles. The molecule has 0 radical (unpaired) electrons. The molecule has 0 bridgehead atoms. The van der Waals surface area contributed by atoms with Crippen molar-refractivity contribution < 1.29 is 9.59 Å². The lowest BCUT2D eigenvalue weighted by Gasteiger charge is -2.18. The van der Waals surface area contributed by atoms with E-state index in [1.807, 2.05) is 35.2 Å². The van der Waals surface area contributed by atoms with E-state index >= 15 is 0 Å². The zero-order valence-corrected chi connectivity index (χ0v) is 14.2. The Hall–Kier alpha value is -2.14. The topological polar surface area (TPSA) is 52.7 Å². The van der Waals surface area contributed by atoms with Crippen molar-refractivity contribution in [1.82, 2.24) is 15.1 Å². The summed E-state index contributed by atoms with van der Waals surface area (Å²) in [6, 6.07) is 7.73. The predicted octanol–water partition coefficient (Wildman–Crippen LogP) is 1.76. The van der Waals surface area contributed by atoms with Crippen LogP contribution in [0, 0.1) is 0 Å². The van der Waals surface area contributed by atoms with Crippen molar-refractivity contribution in [2.24, 2.45) is 0 Å². The lowest BCUT2D eigenvalue weighted by Crippen LogP contribution is -2.33. The third-order valence-corrected chi connectivity index (χ3v) is 4.53. The van der Waals surface area contributed by atoms with Crippen molar-refractivity contribution in [2.75, 3.05) is 33.2 Å². The van der Waals surface area contributed by atoms with Gasteiger partial charge in [-0.25, -0.2) is 0 Å². The van der Waals surface area contributed by atoms with Gasteiger partial charge in [-0.05, 0) is 56.6 Å². The SMILES string of the molecule is CN1CCCN(C(=O)/C=C/c2ccc(C(=O)NC3CC3)cc2)CC1. The highest BCUT2D eigenvalue weighted by Gasteiger charge is 2.23. The van der Waals surface area contributed by atoms with Gasteiger partial charge in [0.25, 0.3) is 5.91 Å². The molecule has 1 saturated carbocycles. The second-order valence-corrected chi connectivity index (χ2v) is 6.69. The van der Waals surface area contributed by atoms with Gasteiger partial charge in [-0.2, -0.15) is 0 Å². The van der Waals surface area contributed by atoms with E-state index in [2.05, 4.69) is 17.3 Å². The summed E-state index contributed by atoms with van der Waals surface area (Å²) >= 11 is 0. The van der Waals surface area contributed by atoms with Crippen molar-refractivity contribution in [1.29, 1.82) is 0 Å². The first-order valence-electron chi connectivity index (χ1n) is 8.68. The average molecular weight is 327 g/mol. The van der Waals surface area contributed by atoms with Crippen LogP contribution in [0.4, 0.5) is 0 Å². The Kier molecular flexibility index (Phi) is 5.30. The summed E-state index contributed by atoms with van der Waals surface area (Å²) in [6.45, 7) is 3.55. The predicted molar refractivity (Wildman–Crippen MR) is 94.7 cm³/mol. The van der Waals surface area contributed by atoms with Crippen molar-refractivity contribution in [3.05, 3.63) is 41.5 Å². The molecular weight excluding hydrogens is 302 g/mol. The molecule has 24 heavy (non-hydrogen) atoms. The zero-order valence-electron chi connectivity index (χ0n) is 14.2. The Labute approximate surface area is 143 Å². The van der Waals surface area contributed by atoms with Crippen molar-refractivity contribution in [3.63, 3.8) is 0 Å². The molecule has 1 aliphatic heterocycles. The number of nitrogens with one attached hydrogen (secondary N) is 1. The minimum Gasteiger partial charge on any atom is -0.349 e. The summed E-state index contributed by atoms with van der Waals surface area (Å²) in [6.07, 6.45) is 6.63. The number of benzene rings is 1. The highest BCUT2D eigenvalue weighted by atomic mass is 16.2. The highest BCUT2D eigenvalue weighted by molar-refractivity contribution is 5.95. The number of rotatable bonds is 4. The van der Waals surface area contributed by atoms with Gasteiger partial charge in [-0.15, -0.1) is 0 Å².